The third-order valence-corrected chi connectivity index (χ3v) is 13.3. The van der Waals surface area contributed by atoms with E-state index in [0.29, 0.717) is 68.4 Å². The van der Waals surface area contributed by atoms with Gasteiger partial charge in [-0.3, -0.25) is 23.7 Å². The number of carbonyl (C=O) groups is 4. The Balaban J connectivity index is 0.000000908. The van der Waals surface area contributed by atoms with Crippen molar-refractivity contribution in [3.05, 3.63) is 150 Å². The number of aliphatic carboxylic acids is 1. The number of nitrogens with two attached hydrogens (primary N) is 1. The van der Waals surface area contributed by atoms with Crippen molar-refractivity contribution in [1.82, 2.24) is 25.9 Å². The van der Waals surface area contributed by atoms with Crippen LogP contribution < -0.4 is 35.9 Å². The minimum Gasteiger partial charge on any atom is -0.493 e. The van der Waals surface area contributed by atoms with Crippen LogP contribution in [0.1, 0.15) is 114 Å². The van der Waals surface area contributed by atoms with E-state index in [2.05, 4.69) is 39.1 Å². The molecule has 0 aliphatic carbocycles. The molecule has 0 saturated carbocycles. The van der Waals surface area contributed by atoms with Gasteiger partial charge in [-0.2, -0.15) is 8.42 Å². The molecule has 0 bridgehead atoms. The summed E-state index contributed by atoms with van der Waals surface area (Å²) in [5.41, 5.74) is 9.70. The Morgan fingerprint density at radius 1 is 0.720 bits per heavy atom. The summed E-state index contributed by atoms with van der Waals surface area (Å²) in [4.78, 5) is 59.5. The number of carbonyl (C=O) groups excluding carboxylic acids is 3. The maximum Gasteiger partial charge on any atom is 0.303 e. The molecule has 438 valence electrons. The van der Waals surface area contributed by atoms with Crippen molar-refractivity contribution in [2.45, 2.75) is 121 Å². The van der Waals surface area contributed by atoms with Gasteiger partial charge in [0.1, 0.15) is 28.3 Å². The van der Waals surface area contributed by atoms with Crippen LogP contribution >= 0.6 is 0 Å². The molecule has 1 unspecified atom stereocenters. The Bertz CT molecular complexity index is 3060. The predicted octanol–water partition coefficient (Wildman–Crippen LogP) is 9.92. The highest BCUT2D eigenvalue weighted by Gasteiger charge is 2.29. The van der Waals surface area contributed by atoms with Gasteiger partial charge < -0.3 is 51.1 Å². The van der Waals surface area contributed by atoms with Crippen LogP contribution in [0.15, 0.2) is 138 Å². The molecule has 0 aliphatic heterocycles. The van der Waals surface area contributed by atoms with Gasteiger partial charge in [-0.25, -0.2) is 9.97 Å². The van der Waals surface area contributed by atoms with E-state index < -0.39 is 39.2 Å². The van der Waals surface area contributed by atoms with Crippen LogP contribution in [-0.4, -0.2) is 108 Å². The zero-order chi connectivity index (χ0) is 59.5. The van der Waals surface area contributed by atoms with E-state index in [1.54, 1.807) is 18.2 Å². The average Bonchev–Trinajstić information content (AvgIpc) is 3.51. The number of hydrogen-bond acceptors (Lipinski definition) is 14. The monoisotopic (exact) mass is 1140 g/mol. The number of amides is 3. The molecule has 0 saturated heterocycles. The molecular formula is C62H77N7O12S. The molecule has 6 rings (SSSR count). The third kappa shape index (κ3) is 23.1. The number of ether oxygens (including phenoxy) is 4. The summed E-state index contributed by atoms with van der Waals surface area (Å²) in [6.07, 6.45) is 6.87. The first kappa shape index (κ1) is 64.6. The number of carboxylic acid groups (broad SMARTS) is 1. The van der Waals surface area contributed by atoms with Crippen LogP contribution in [0, 0.1) is 5.41 Å². The maximum absolute atomic E-state index is 13.5. The van der Waals surface area contributed by atoms with Crippen molar-refractivity contribution in [3.8, 4) is 39.8 Å². The minimum atomic E-state index is -4.20. The van der Waals surface area contributed by atoms with Gasteiger partial charge in [-0.05, 0) is 134 Å². The minimum absolute atomic E-state index is 0.0930. The number of unbranched alkanes of at least 4 members (excludes halogenated alkanes) is 3. The van der Waals surface area contributed by atoms with E-state index in [4.69, 9.17) is 39.6 Å². The van der Waals surface area contributed by atoms with E-state index in [9.17, 15) is 32.7 Å². The van der Waals surface area contributed by atoms with Crippen LogP contribution in [-0.2, 0) is 35.7 Å². The van der Waals surface area contributed by atoms with Crippen molar-refractivity contribution in [2.75, 3.05) is 38.7 Å². The lowest BCUT2D eigenvalue weighted by Crippen LogP contribution is -2.55. The lowest BCUT2D eigenvalue weighted by molar-refractivity contribution is -0.137. The molecule has 0 fully saturated rings. The van der Waals surface area contributed by atoms with Gasteiger partial charge in [-0.1, -0.05) is 84.9 Å². The Morgan fingerprint density at radius 2 is 1.35 bits per heavy atom. The number of nitrogens with one attached hydrogen (secondary N) is 4. The Morgan fingerprint density at radius 3 is 1.96 bits per heavy atom. The molecule has 20 heteroatoms. The Labute approximate surface area is 481 Å². The van der Waals surface area contributed by atoms with Crippen LogP contribution in [0.2, 0.25) is 0 Å². The second kappa shape index (κ2) is 32.3. The van der Waals surface area contributed by atoms with Crippen LogP contribution in [0.3, 0.4) is 0 Å². The first-order chi connectivity index (χ1) is 39.1. The number of anilines is 1. The first-order valence-corrected chi connectivity index (χ1v) is 28.7. The van der Waals surface area contributed by atoms with Gasteiger partial charge in [0.2, 0.25) is 17.7 Å². The van der Waals surface area contributed by atoms with Crippen LogP contribution in [0.4, 0.5) is 5.82 Å². The quantitative estimate of drug-likeness (QED) is 0.0121. The number of pyridine rings is 2. The van der Waals surface area contributed by atoms with E-state index in [-0.39, 0.29) is 66.1 Å². The van der Waals surface area contributed by atoms with Gasteiger partial charge in [0, 0.05) is 54.6 Å². The number of hydrogen-bond donors (Lipinski definition) is 7. The average molecular weight is 1140 g/mol. The fourth-order valence-corrected chi connectivity index (χ4v) is 8.79. The normalized spacial score (nSPS) is 11.7. The van der Waals surface area contributed by atoms with Crippen molar-refractivity contribution in [1.29, 1.82) is 5.41 Å². The van der Waals surface area contributed by atoms with E-state index in [1.807, 2.05) is 101 Å². The molecule has 0 aliphatic rings. The summed E-state index contributed by atoms with van der Waals surface area (Å²) in [5.74, 6) is 0.0662. The summed E-state index contributed by atoms with van der Waals surface area (Å²) in [7, 11) is -4.20. The standard InChI is InChI=1S/C55H70N6O9.C7H7NO3S/c1-54(2,3)70-38-55(4,5)61-53(66)44(60-52(65)41-27-29-48(56)58-37-41)23-13-14-31-57-49(62)26-18-34-68-47-25-17-24-46(43(47)28-30-51(63)64)67-32-15-8-16-33-69-50-36-42(39-19-9-6-10-20-39)35-45(59-50)40-21-11-7-12-22-40;8-5-6-3-1-2-4-7(6)12(9,10)11/h6-7,9-12,17,19-22,24-25,27,29,35-37,44H,8,13-16,18,23,26,28,30-34,38H2,1-5H3,(H2,56,58)(H,57,62)(H,60,65)(H,61,66)(H,63,64);1-5,8H,(H,9,10,11). The number of aromatic nitrogens is 2. The molecule has 3 amide bonds. The topological polar surface area (TPSA) is 292 Å². The predicted molar refractivity (Wildman–Crippen MR) is 316 cm³/mol. The number of nitrogens with zero attached hydrogens (tertiary/aromatic N) is 2. The van der Waals surface area contributed by atoms with Gasteiger partial charge in [0.25, 0.3) is 16.0 Å². The molecule has 82 heavy (non-hydrogen) atoms. The number of carboxylic acids is 1. The molecule has 2 aromatic heterocycles. The van der Waals surface area contributed by atoms with Crippen molar-refractivity contribution < 1.29 is 56.2 Å². The van der Waals surface area contributed by atoms with E-state index in [0.717, 1.165) is 47.9 Å². The number of nitrogen functional groups attached to an aromatic ring is 1. The molecule has 0 radical (unpaired) electrons. The lowest BCUT2D eigenvalue weighted by atomic mass is 10.0. The summed E-state index contributed by atoms with van der Waals surface area (Å²) >= 11 is 0. The van der Waals surface area contributed by atoms with Gasteiger partial charge in [-0.15, -0.1) is 0 Å². The fraction of sp³-hybridized carbons (Fsp3) is 0.371. The number of rotatable bonds is 31. The highest BCUT2D eigenvalue weighted by molar-refractivity contribution is 7.86. The Kier molecular flexibility index (Phi) is 25.5. The van der Waals surface area contributed by atoms with Crippen molar-refractivity contribution >= 4 is 45.8 Å². The van der Waals surface area contributed by atoms with E-state index >= 15 is 0 Å². The first-order valence-electron chi connectivity index (χ1n) is 27.3. The molecule has 0 spiro atoms. The second-order valence-electron chi connectivity index (χ2n) is 20.9. The zero-order valence-corrected chi connectivity index (χ0v) is 48.1. The third-order valence-electron chi connectivity index (χ3n) is 12.4. The number of benzene rings is 4. The SMILES string of the molecule is CC(C)(COC(C)(C)C)NC(=O)C(CCCCNC(=O)CCCOc1cccc(OCCCCCOc2cc(-c3ccccc3)cc(-c3ccccc3)n2)c1CCC(=O)O)NC(=O)c1ccc(N)nc1.N=Cc1ccccc1S(=O)(=O)O. The van der Waals surface area contributed by atoms with Gasteiger partial charge in [0.05, 0.1) is 48.8 Å². The second-order valence-corrected chi connectivity index (χ2v) is 22.3. The van der Waals surface area contributed by atoms with Gasteiger partial charge >= 0.3 is 5.97 Å². The summed E-state index contributed by atoms with van der Waals surface area (Å²) < 4.78 is 54.3. The molecule has 4 aromatic carbocycles. The maximum atomic E-state index is 13.5. The zero-order valence-electron chi connectivity index (χ0n) is 47.3. The van der Waals surface area contributed by atoms with Crippen molar-refractivity contribution in [2.24, 2.45) is 0 Å². The van der Waals surface area contributed by atoms with Gasteiger partial charge in [0.15, 0.2) is 0 Å². The smallest absolute Gasteiger partial charge is 0.303 e. The Hall–Kier alpha value is -8.20. The molecular weight excluding hydrogens is 1070 g/mol. The molecule has 2 heterocycles. The summed E-state index contributed by atoms with van der Waals surface area (Å²) in [6, 6.07) is 37.7. The largest absolute Gasteiger partial charge is 0.493 e. The summed E-state index contributed by atoms with van der Waals surface area (Å²) in [5, 5.41) is 25.1. The van der Waals surface area contributed by atoms with E-state index in [1.165, 1.54) is 30.5 Å². The summed E-state index contributed by atoms with van der Waals surface area (Å²) in [6.45, 7) is 11.4. The fourth-order valence-electron chi connectivity index (χ4n) is 8.11. The molecule has 6 aromatic rings. The van der Waals surface area contributed by atoms with Crippen LogP contribution in [0.5, 0.6) is 17.4 Å². The molecule has 1 atom stereocenters. The van der Waals surface area contributed by atoms with Crippen molar-refractivity contribution in [3.63, 3.8) is 0 Å². The van der Waals surface area contributed by atoms with Crippen LogP contribution in [0.25, 0.3) is 22.4 Å². The highest BCUT2D eigenvalue weighted by Crippen LogP contribution is 2.32. The lowest BCUT2D eigenvalue weighted by Gasteiger charge is -2.32. The highest BCUT2D eigenvalue weighted by atomic mass is 32.2. The molecule has 8 N–H and O–H groups in total. The molecule has 19 nitrogen and oxygen atoms in total.